The zero-order valence-corrected chi connectivity index (χ0v) is 17.2. The lowest BCUT2D eigenvalue weighted by atomic mass is 10.1. The first-order chi connectivity index (χ1) is 12.0. The molecule has 1 rings (SSSR count). The first-order valence-corrected chi connectivity index (χ1v) is 10.6. The molecule has 0 unspecified atom stereocenters. The van der Waals surface area contributed by atoms with Gasteiger partial charge in [0, 0.05) is 0 Å². The van der Waals surface area contributed by atoms with E-state index in [-0.39, 0.29) is 4.90 Å². The smallest absolute Gasteiger partial charge is 0.324 e. The van der Waals surface area contributed by atoms with Gasteiger partial charge in [-0.25, -0.2) is 8.42 Å². The zero-order chi connectivity index (χ0) is 19.8. The lowest BCUT2D eigenvalue weighted by Gasteiger charge is -2.22. The number of ether oxygens (including phenoxy) is 1. The first-order valence-electron chi connectivity index (χ1n) is 9.07. The predicted molar refractivity (Wildman–Crippen MR) is 105 cm³/mol. The molecule has 0 aliphatic rings. The standard InChI is InChI=1S/C20H31NO4S/c1-6-7-8-9-10-11-17-12-14-18(15-13-17)26(23,24)21-16(2)19(22)25-20(3,4)5/h10-16,21H,6-9H2,1-5H3/t16-/m1/s1. The molecule has 1 atom stereocenters. The van der Waals surface area contributed by atoms with Gasteiger partial charge in [0.05, 0.1) is 4.90 Å². The second kappa shape index (κ2) is 9.88. The van der Waals surface area contributed by atoms with E-state index in [9.17, 15) is 13.2 Å². The summed E-state index contributed by atoms with van der Waals surface area (Å²) < 4.78 is 32.4. The molecule has 0 saturated carbocycles. The van der Waals surface area contributed by atoms with Gasteiger partial charge < -0.3 is 4.74 Å². The van der Waals surface area contributed by atoms with Crippen LogP contribution in [0.4, 0.5) is 0 Å². The van der Waals surface area contributed by atoms with Gasteiger partial charge in [-0.2, -0.15) is 4.72 Å². The summed E-state index contributed by atoms with van der Waals surface area (Å²) in [5.41, 5.74) is 0.280. The number of esters is 1. The summed E-state index contributed by atoms with van der Waals surface area (Å²) in [7, 11) is -3.78. The van der Waals surface area contributed by atoms with Crippen molar-refractivity contribution in [2.24, 2.45) is 0 Å². The molecule has 0 aliphatic carbocycles. The molecular formula is C20H31NO4S. The second-order valence-electron chi connectivity index (χ2n) is 7.34. The van der Waals surface area contributed by atoms with Crippen molar-refractivity contribution in [3.63, 3.8) is 0 Å². The highest BCUT2D eigenvalue weighted by molar-refractivity contribution is 7.89. The SMILES string of the molecule is CCCCCC=Cc1ccc(S(=O)(=O)N[C@H](C)C(=O)OC(C)(C)C)cc1. The topological polar surface area (TPSA) is 72.5 Å². The molecule has 0 fully saturated rings. The van der Waals surface area contributed by atoms with Gasteiger partial charge in [0.1, 0.15) is 11.6 Å². The van der Waals surface area contributed by atoms with Crippen molar-refractivity contribution >= 4 is 22.1 Å². The van der Waals surface area contributed by atoms with Gasteiger partial charge in [-0.05, 0) is 58.2 Å². The van der Waals surface area contributed by atoms with Crippen LogP contribution in [-0.2, 0) is 19.6 Å². The van der Waals surface area contributed by atoms with E-state index in [2.05, 4.69) is 17.7 Å². The summed E-state index contributed by atoms with van der Waals surface area (Å²) in [6.07, 6.45) is 8.66. The van der Waals surface area contributed by atoms with Gasteiger partial charge in [0.2, 0.25) is 10.0 Å². The maximum atomic E-state index is 12.4. The van der Waals surface area contributed by atoms with Crippen molar-refractivity contribution in [1.29, 1.82) is 0 Å². The molecule has 0 saturated heterocycles. The number of benzene rings is 1. The third-order valence-corrected chi connectivity index (χ3v) is 5.12. The average Bonchev–Trinajstić information content (AvgIpc) is 2.53. The summed E-state index contributed by atoms with van der Waals surface area (Å²) >= 11 is 0. The molecule has 1 aromatic carbocycles. The van der Waals surface area contributed by atoms with E-state index in [0.717, 1.165) is 18.4 Å². The molecule has 1 N–H and O–H groups in total. The molecule has 26 heavy (non-hydrogen) atoms. The molecule has 5 nitrogen and oxygen atoms in total. The van der Waals surface area contributed by atoms with Crippen LogP contribution >= 0.6 is 0 Å². The van der Waals surface area contributed by atoms with Crippen LogP contribution in [0.15, 0.2) is 35.2 Å². The molecule has 0 radical (unpaired) electrons. The summed E-state index contributed by atoms with van der Waals surface area (Å²) in [4.78, 5) is 12.1. The lowest BCUT2D eigenvalue weighted by Crippen LogP contribution is -2.42. The Labute approximate surface area is 157 Å². The molecule has 0 heterocycles. The van der Waals surface area contributed by atoms with E-state index < -0.39 is 27.6 Å². The summed E-state index contributed by atoms with van der Waals surface area (Å²) in [6.45, 7) is 8.85. The van der Waals surface area contributed by atoms with Crippen LogP contribution in [0.5, 0.6) is 0 Å². The van der Waals surface area contributed by atoms with Crippen molar-refractivity contribution in [1.82, 2.24) is 4.72 Å². The average molecular weight is 382 g/mol. The summed E-state index contributed by atoms with van der Waals surface area (Å²) in [5, 5.41) is 0. The quantitative estimate of drug-likeness (QED) is 0.512. The summed E-state index contributed by atoms with van der Waals surface area (Å²) in [6, 6.07) is 5.62. The fraction of sp³-hybridized carbons (Fsp3) is 0.550. The van der Waals surface area contributed by atoms with Crippen LogP contribution < -0.4 is 4.72 Å². The van der Waals surface area contributed by atoms with Crippen molar-refractivity contribution in [3.8, 4) is 0 Å². The van der Waals surface area contributed by atoms with E-state index in [1.165, 1.54) is 31.9 Å². The maximum absolute atomic E-state index is 12.4. The van der Waals surface area contributed by atoms with Crippen molar-refractivity contribution in [2.75, 3.05) is 0 Å². The van der Waals surface area contributed by atoms with E-state index in [0.29, 0.717) is 0 Å². The second-order valence-corrected chi connectivity index (χ2v) is 9.06. The van der Waals surface area contributed by atoms with Gasteiger partial charge in [-0.3, -0.25) is 4.79 Å². The number of sulfonamides is 1. The number of carbonyl (C=O) groups is 1. The third kappa shape index (κ3) is 8.15. The third-order valence-electron chi connectivity index (χ3n) is 3.57. The molecule has 1 aromatic rings. The first kappa shape index (κ1) is 22.4. The molecule has 0 amide bonds. The van der Waals surface area contributed by atoms with E-state index in [4.69, 9.17) is 4.74 Å². The summed E-state index contributed by atoms with van der Waals surface area (Å²) in [5.74, 6) is -0.604. The Bertz CT molecular complexity index is 700. The van der Waals surface area contributed by atoms with Gasteiger partial charge in [-0.1, -0.05) is 44.1 Å². The Morgan fingerprint density at radius 1 is 1.19 bits per heavy atom. The molecule has 0 bridgehead atoms. The number of unbranched alkanes of at least 4 members (excludes halogenated alkanes) is 3. The van der Waals surface area contributed by atoms with Crippen LogP contribution in [0.3, 0.4) is 0 Å². The van der Waals surface area contributed by atoms with E-state index >= 15 is 0 Å². The molecular weight excluding hydrogens is 350 g/mol. The highest BCUT2D eigenvalue weighted by atomic mass is 32.2. The molecule has 0 spiro atoms. The Morgan fingerprint density at radius 2 is 1.81 bits per heavy atom. The van der Waals surface area contributed by atoms with E-state index in [1.54, 1.807) is 32.9 Å². The minimum absolute atomic E-state index is 0.121. The lowest BCUT2D eigenvalue weighted by molar-refractivity contribution is -0.156. The van der Waals surface area contributed by atoms with Crippen LogP contribution in [0.1, 0.15) is 65.9 Å². The van der Waals surface area contributed by atoms with Gasteiger partial charge in [0.15, 0.2) is 0 Å². The van der Waals surface area contributed by atoms with E-state index in [1.807, 2.05) is 6.08 Å². The van der Waals surface area contributed by atoms with Crippen molar-refractivity contribution in [2.45, 2.75) is 76.8 Å². The van der Waals surface area contributed by atoms with Crippen LogP contribution in [0.25, 0.3) is 6.08 Å². The van der Waals surface area contributed by atoms with Crippen LogP contribution in [0, 0.1) is 0 Å². The minimum atomic E-state index is -3.78. The molecule has 6 heteroatoms. The number of nitrogens with one attached hydrogen (secondary N) is 1. The minimum Gasteiger partial charge on any atom is -0.459 e. The highest BCUT2D eigenvalue weighted by Gasteiger charge is 2.26. The monoisotopic (exact) mass is 381 g/mol. The molecule has 146 valence electrons. The number of allylic oxidation sites excluding steroid dienone is 1. The van der Waals surface area contributed by atoms with Gasteiger partial charge >= 0.3 is 5.97 Å². The number of hydrogen-bond acceptors (Lipinski definition) is 4. The number of hydrogen-bond donors (Lipinski definition) is 1. The zero-order valence-electron chi connectivity index (χ0n) is 16.4. The maximum Gasteiger partial charge on any atom is 0.324 e. The Hall–Kier alpha value is -1.66. The van der Waals surface area contributed by atoms with Crippen LogP contribution in [0.2, 0.25) is 0 Å². The Morgan fingerprint density at radius 3 is 2.35 bits per heavy atom. The fourth-order valence-corrected chi connectivity index (χ4v) is 3.42. The Balaban J connectivity index is 2.70. The number of rotatable bonds is 9. The van der Waals surface area contributed by atoms with Gasteiger partial charge in [0.25, 0.3) is 0 Å². The normalized spacial score (nSPS) is 13.7. The van der Waals surface area contributed by atoms with Gasteiger partial charge in [-0.15, -0.1) is 0 Å². The van der Waals surface area contributed by atoms with Crippen molar-refractivity contribution < 1.29 is 17.9 Å². The highest BCUT2D eigenvalue weighted by Crippen LogP contribution is 2.14. The molecule has 0 aromatic heterocycles. The Kier molecular flexibility index (Phi) is 8.50. The number of carbonyl (C=O) groups excluding carboxylic acids is 1. The fourth-order valence-electron chi connectivity index (χ4n) is 2.23. The molecule has 0 aliphatic heterocycles. The van der Waals surface area contributed by atoms with Crippen LogP contribution in [-0.4, -0.2) is 26.0 Å². The predicted octanol–water partition coefficient (Wildman–Crippen LogP) is 4.29. The van der Waals surface area contributed by atoms with Crippen molar-refractivity contribution in [3.05, 3.63) is 35.9 Å². The largest absolute Gasteiger partial charge is 0.459 e.